The van der Waals surface area contributed by atoms with Crippen LogP contribution in [0.3, 0.4) is 0 Å². The van der Waals surface area contributed by atoms with Gasteiger partial charge >= 0.3 is 0 Å². The monoisotopic (exact) mass is 264 g/mol. The summed E-state index contributed by atoms with van der Waals surface area (Å²) in [5.41, 5.74) is 3.40. The Morgan fingerprint density at radius 2 is 2.06 bits per heavy atom. The molecule has 0 saturated carbocycles. The van der Waals surface area contributed by atoms with Crippen molar-refractivity contribution in [3.8, 4) is 17.6 Å². The predicted molar refractivity (Wildman–Crippen MR) is 78.4 cm³/mol. The largest absolute Gasteiger partial charge is 0.493 e. The first-order valence-corrected chi connectivity index (χ1v) is 6.72. The summed E-state index contributed by atoms with van der Waals surface area (Å²) in [4.78, 5) is 0. The van der Waals surface area contributed by atoms with Gasteiger partial charge in [-0.25, -0.2) is 0 Å². The van der Waals surface area contributed by atoms with Crippen molar-refractivity contribution in [2.24, 2.45) is 5.92 Å². The second-order valence-corrected chi connectivity index (χ2v) is 4.95. The number of hydrogen-bond acceptors (Lipinski definition) is 1. The number of aryl methyl sites for hydroxylation is 1. The highest BCUT2D eigenvalue weighted by Crippen LogP contribution is 2.33. The smallest absolute Gasteiger partial charge is 0.125 e. The molecule has 18 heavy (non-hydrogen) atoms. The summed E-state index contributed by atoms with van der Waals surface area (Å²) in [6.07, 6.45) is 0.878. The molecule has 0 heterocycles. The first kappa shape index (κ1) is 14.9. The Bertz CT molecular complexity index is 480. The topological polar surface area (TPSA) is 9.23 Å². The molecule has 0 amide bonds. The van der Waals surface area contributed by atoms with Gasteiger partial charge in [0.2, 0.25) is 0 Å². The number of hydrogen-bond donors (Lipinski definition) is 0. The molecule has 0 aromatic heterocycles. The van der Waals surface area contributed by atoms with Gasteiger partial charge in [0.1, 0.15) is 5.75 Å². The maximum absolute atomic E-state index is 6.26. The molecule has 1 unspecified atom stereocenters. The summed E-state index contributed by atoms with van der Waals surface area (Å²) in [7, 11) is 0. The van der Waals surface area contributed by atoms with E-state index in [9.17, 15) is 0 Å². The Morgan fingerprint density at radius 3 is 2.61 bits per heavy atom. The van der Waals surface area contributed by atoms with E-state index in [0.717, 1.165) is 28.3 Å². The van der Waals surface area contributed by atoms with Gasteiger partial charge in [0, 0.05) is 16.5 Å². The molecule has 0 aliphatic carbocycles. The van der Waals surface area contributed by atoms with Gasteiger partial charge in [-0.2, -0.15) is 0 Å². The fourth-order valence-electron chi connectivity index (χ4n) is 2.11. The minimum Gasteiger partial charge on any atom is -0.493 e. The third-order valence-electron chi connectivity index (χ3n) is 2.98. The molecule has 0 aliphatic heterocycles. The van der Waals surface area contributed by atoms with Crippen LogP contribution in [0.15, 0.2) is 6.07 Å². The first-order valence-electron chi connectivity index (χ1n) is 6.34. The molecule has 0 aliphatic rings. The highest BCUT2D eigenvalue weighted by molar-refractivity contribution is 6.31. The number of rotatable bonds is 4. The zero-order valence-electron chi connectivity index (χ0n) is 11.9. The molecule has 2 heteroatoms. The third kappa shape index (κ3) is 3.43. The molecule has 0 saturated heterocycles. The van der Waals surface area contributed by atoms with Crippen molar-refractivity contribution >= 4 is 11.6 Å². The molecule has 1 aromatic carbocycles. The SMILES string of the molecule is CC#CC(C)Cc1c(C)c(Cl)cc(C)c1OCC. The molecule has 0 N–H and O–H groups in total. The predicted octanol–water partition coefficient (Wildman–Crippen LogP) is 4.56. The van der Waals surface area contributed by atoms with Gasteiger partial charge in [0.15, 0.2) is 0 Å². The van der Waals surface area contributed by atoms with E-state index in [1.165, 1.54) is 5.56 Å². The lowest BCUT2D eigenvalue weighted by Crippen LogP contribution is -2.06. The summed E-state index contributed by atoms with van der Waals surface area (Å²) < 4.78 is 5.78. The third-order valence-corrected chi connectivity index (χ3v) is 3.37. The van der Waals surface area contributed by atoms with Crippen LogP contribution in [0.2, 0.25) is 5.02 Å². The second kappa shape index (κ2) is 6.71. The van der Waals surface area contributed by atoms with Crippen molar-refractivity contribution in [2.45, 2.75) is 41.0 Å². The lowest BCUT2D eigenvalue weighted by molar-refractivity contribution is 0.333. The van der Waals surface area contributed by atoms with E-state index in [0.29, 0.717) is 12.5 Å². The van der Waals surface area contributed by atoms with Crippen LogP contribution in [0.1, 0.15) is 37.5 Å². The Labute approximate surface area is 115 Å². The van der Waals surface area contributed by atoms with E-state index in [4.69, 9.17) is 16.3 Å². The molecule has 1 atom stereocenters. The molecule has 1 rings (SSSR count). The van der Waals surface area contributed by atoms with Gasteiger partial charge in [-0.05, 0) is 51.3 Å². The number of ether oxygens (including phenoxy) is 1. The Morgan fingerprint density at radius 1 is 1.39 bits per heavy atom. The van der Waals surface area contributed by atoms with Gasteiger partial charge in [0.05, 0.1) is 6.61 Å². The number of benzene rings is 1. The quantitative estimate of drug-likeness (QED) is 0.725. The van der Waals surface area contributed by atoms with E-state index in [1.807, 2.05) is 33.8 Å². The standard InChI is InChI=1S/C16H21ClO/c1-6-8-11(3)9-14-13(5)15(17)10-12(4)16(14)18-7-2/h10-11H,7,9H2,1-5H3. The van der Waals surface area contributed by atoms with Crippen molar-refractivity contribution in [3.63, 3.8) is 0 Å². The summed E-state index contributed by atoms with van der Waals surface area (Å²) in [5.74, 6) is 7.43. The zero-order chi connectivity index (χ0) is 13.7. The van der Waals surface area contributed by atoms with Gasteiger partial charge in [-0.1, -0.05) is 18.5 Å². The highest BCUT2D eigenvalue weighted by Gasteiger charge is 2.15. The summed E-state index contributed by atoms with van der Waals surface area (Å²) in [5, 5.41) is 0.808. The lowest BCUT2D eigenvalue weighted by Gasteiger charge is -2.18. The van der Waals surface area contributed by atoms with Crippen LogP contribution in [-0.2, 0) is 6.42 Å². The second-order valence-electron chi connectivity index (χ2n) is 4.54. The van der Waals surface area contributed by atoms with Crippen LogP contribution in [0.4, 0.5) is 0 Å². The molecule has 0 fully saturated rings. The van der Waals surface area contributed by atoms with Crippen LogP contribution in [0.5, 0.6) is 5.75 Å². The van der Waals surface area contributed by atoms with Crippen molar-refractivity contribution < 1.29 is 4.74 Å². The molecule has 1 aromatic rings. The van der Waals surface area contributed by atoms with Gasteiger partial charge in [0.25, 0.3) is 0 Å². The van der Waals surface area contributed by atoms with Crippen molar-refractivity contribution in [2.75, 3.05) is 6.61 Å². The van der Waals surface area contributed by atoms with E-state index in [1.54, 1.807) is 0 Å². The molecule has 0 spiro atoms. The van der Waals surface area contributed by atoms with Crippen molar-refractivity contribution in [3.05, 3.63) is 27.8 Å². The van der Waals surface area contributed by atoms with Crippen LogP contribution in [-0.4, -0.2) is 6.61 Å². The average Bonchev–Trinajstić information content (AvgIpc) is 2.31. The molecular weight excluding hydrogens is 244 g/mol. The Kier molecular flexibility index (Phi) is 5.56. The normalized spacial score (nSPS) is 11.7. The Hall–Kier alpha value is -1.13. The summed E-state index contributed by atoms with van der Waals surface area (Å²) >= 11 is 6.26. The van der Waals surface area contributed by atoms with Crippen LogP contribution >= 0.6 is 11.6 Å². The molecular formula is C16H21ClO. The fourth-order valence-corrected chi connectivity index (χ4v) is 2.39. The summed E-state index contributed by atoms with van der Waals surface area (Å²) in [6, 6.07) is 1.97. The maximum atomic E-state index is 6.26. The molecule has 1 nitrogen and oxygen atoms in total. The van der Waals surface area contributed by atoms with E-state index < -0.39 is 0 Å². The van der Waals surface area contributed by atoms with E-state index >= 15 is 0 Å². The van der Waals surface area contributed by atoms with Crippen LogP contribution < -0.4 is 4.74 Å². The van der Waals surface area contributed by atoms with E-state index in [2.05, 4.69) is 18.8 Å². The van der Waals surface area contributed by atoms with Gasteiger partial charge in [-0.15, -0.1) is 11.8 Å². The zero-order valence-corrected chi connectivity index (χ0v) is 12.6. The minimum atomic E-state index is 0.311. The molecule has 0 radical (unpaired) electrons. The van der Waals surface area contributed by atoms with Crippen LogP contribution in [0, 0.1) is 31.6 Å². The van der Waals surface area contributed by atoms with E-state index in [-0.39, 0.29) is 0 Å². The highest BCUT2D eigenvalue weighted by atomic mass is 35.5. The first-order chi connectivity index (χ1) is 8.51. The summed E-state index contributed by atoms with van der Waals surface area (Å²) in [6.45, 7) is 10.8. The average molecular weight is 265 g/mol. The Balaban J connectivity index is 3.23. The maximum Gasteiger partial charge on any atom is 0.125 e. The number of halogens is 1. The van der Waals surface area contributed by atoms with Crippen molar-refractivity contribution in [1.82, 2.24) is 0 Å². The van der Waals surface area contributed by atoms with Gasteiger partial charge in [-0.3, -0.25) is 0 Å². The minimum absolute atomic E-state index is 0.311. The van der Waals surface area contributed by atoms with Crippen LogP contribution in [0.25, 0.3) is 0 Å². The van der Waals surface area contributed by atoms with Crippen molar-refractivity contribution in [1.29, 1.82) is 0 Å². The molecule has 98 valence electrons. The van der Waals surface area contributed by atoms with Gasteiger partial charge < -0.3 is 4.74 Å². The fraction of sp³-hybridized carbons (Fsp3) is 0.500. The molecule has 0 bridgehead atoms. The lowest BCUT2D eigenvalue weighted by atomic mass is 9.94.